The Morgan fingerprint density at radius 1 is 0.765 bits per heavy atom. The molecule has 2 amide bonds. The van der Waals surface area contributed by atoms with E-state index in [0.29, 0.717) is 39.0 Å². The second-order valence-electron chi connectivity index (χ2n) is 14.0. The van der Waals surface area contributed by atoms with E-state index in [1.54, 1.807) is 18.7 Å². The quantitative estimate of drug-likeness (QED) is 0.0695. The number of hydrogen-bond acceptors (Lipinski definition) is 16. The maximum Gasteiger partial charge on any atom is 0.405 e. The summed E-state index contributed by atoms with van der Waals surface area (Å²) in [7, 11) is 2.96. The maximum atomic E-state index is 14.0. The molecular formula is C33H40N8O10. The van der Waals surface area contributed by atoms with Crippen molar-refractivity contribution < 1.29 is 47.7 Å². The molecule has 6 heterocycles. The van der Waals surface area contributed by atoms with Gasteiger partial charge in [-0.3, -0.25) is 19.2 Å². The van der Waals surface area contributed by atoms with Crippen molar-refractivity contribution in [3.8, 4) is 0 Å². The molecule has 8 N–H and O–H groups in total. The molecule has 4 fully saturated rings. The van der Waals surface area contributed by atoms with Gasteiger partial charge < -0.3 is 61.5 Å². The highest BCUT2D eigenvalue weighted by Gasteiger charge is 2.75. The molecule has 18 heteroatoms. The van der Waals surface area contributed by atoms with E-state index in [0.717, 1.165) is 0 Å². The van der Waals surface area contributed by atoms with E-state index in [9.17, 15) is 28.8 Å². The first kappa shape index (κ1) is 33.4. The molecule has 0 saturated carbocycles. The number of allylic oxidation sites excluding steroid dienone is 4. The van der Waals surface area contributed by atoms with Crippen LogP contribution in [0.25, 0.3) is 0 Å². The molecule has 0 unspecified atom stereocenters. The van der Waals surface area contributed by atoms with Gasteiger partial charge in [0.1, 0.15) is 6.61 Å². The number of nitrogens with one attached hydrogen (secondary N) is 4. The van der Waals surface area contributed by atoms with Gasteiger partial charge in [0, 0.05) is 69.2 Å². The van der Waals surface area contributed by atoms with E-state index >= 15 is 0 Å². The number of hydrogen-bond donors (Lipinski definition) is 6. The minimum atomic E-state index is -1.26. The summed E-state index contributed by atoms with van der Waals surface area (Å²) in [6.07, 6.45) is -2.24. The van der Waals surface area contributed by atoms with Crippen molar-refractivity contribution in [3.05, 3.63) is 45.1 Å². The lowest BCUT2D eigenvalue weighted by Gasteiger charge is -2.39. The Bertz CT molecular complexity index is 1850. The highest BCUT2D eigenvalue weighted by Crippen LogP contribution is 2.56. The minimum absolute atomic E-state index is 0.0244. The molecule has 8 aliphatic rings. The van der Waals surface area contributed by atoms with Crippen LogP contribution in [0.3, 0.4) is 0 Å². The van der Waals surface area contributed by atoms with Crippen molar-refractivity contribution in [2.75, 3.05) is 47.0 Å². The van der Waals surface area contributed by atoms with E-state index < -0.39 is 41.4 Å². The molecule has 8 atom stereocenters. The number of rotatable bonds is 12. The van der Waals surface area contributed by atoms with Gasteiger partial charge in [-0.25, -0.2) is 9.59 Å². The molecule has 0 aromatic heterocycles. The zero-order valence-electron chi connectivity index (χ0n) is 28.5. The average molecular weight is 709 g/mol. The number of primary amides is 2. The Labute approximate surface area is 291 Å². The summed E-state index contributed by atoms with van der Waals surface area (Å²) in [6, 6.07) is -0.292. The Morgan fingerprint density at radius 3 is 1.76 bits per heavy atom. The number of carbonyl (C=O) groups is 6. The Hall–Kier alpha value is -4.78. The third-order valence-electron chi connectivity index (χ3n) is 11.7. The Balaban J connectivity index is 0.921. The summed E-state index contributed by atoms with van der Waals surface area (Å²) in [5, 5.41) is 12.8. The first-order chi connectivity index (χ1) is 24.3. The van der Waals surface area contributed by atoms with Gasteiger partial charge in [-0.15, -0.1) is 0 Å². The van der Waals surface area contributed by atoms with Crippen LogP contribution in [0.4, 0.5) is 9.59 Å². The molecule has 6 aliphatic heterocycles. The fraction of sp³-hybridized carbons (Fsp3) is 0.576. The lowest BCUT2D eigenvalue weighted by atomic mass is 9.82. The zero-order chi connectivity index (χ0) is 36.3. The fourth-order valence-electron chi connectivity index (χ4n) is 9.36. The van der Waals surface area contributed by atoms with Crippen LogP contribution in [0.2, 0.25) is 0 Å². The predicted molar refractivity (Wildman–Crippen MR) is 173 cm³/mol. The number of methoxy groups -OCH3 is 2. The lowest BCUT2D eigenvalue weighted by Crippen LogP contribution is -2.58. The third-order valence-corrected chi connectivity index (χ3v) is 11.7. The number of ketones is 4. The first-order valence-electron chi connectivity index (χ1n) is 17.0. The molecule has 8 rings (SSSR count). The number of nitrogens with two attached hydrogens (primary N) is 2. The SMILES string of the molecule is CO[C@@]12[C@H](COC(N)=O)C3=C(C(=O)C(C)=C(NCCCCNC4=C(C)C(=O)C5=C(C4=O)[C@@H](OC(N)=O)[C@@]4(OC)[C@H]6N[C@H]6CN54)C3=O)N1C[C@@H]1N[C@@H]12. The van der Waals surface area contributed by atoms with Crippen molar-refractivity contribution in [2.24, 2.45) is 17.4 Å². The van der Waals surface area contributed by atoms with Crippen LogP contribution in [0.5, 0.6) is 0 Å². The van der Waals surface area contributed by atoms with Crippen LogP contribution in [-0.4, -0.2) is 134 Å². The first-order valence-corrected chi connectivity index (χ1v) is 17.0. The smallest absolute Gasteiger partial charge is 0.405 e. The summed E-state index contributed by atoms with van der Waals surface area (Å²) in [6.45, 7) is 4.45. The molecule has 2 aliphatic carbocycles. The largest absolute Gasteiger partial charge is 0.449 e. The van der Waals surface area contributed by atoms with Crippen molar-refractivity contribution >= 4 is 35.3 Å². The summed E-state index contributed by atoms with van der Waals surface area (Å²) in [4.78, 5) is 82.5. The van der Waals surface area contributed by atoms with Gasteiger partial charge in [0.05, 0.1) is 46.4 Å². The van der Waals surface area contributed by atoms with E-state index in [1.807, 2.05) is 4.90 Å². The van der Waals surface area contributed by atoms with Gasteiger partial charge in [0.2, 0.25) is 23.1 Å². The topological polar surface area (TPSA) is 266 Å². The number of Topliss-reactive ketones (excluding diaryl/α,β-unsaturated/α-hetero) is 4. The second kappa shape index (κ2) is 11.4. The monoisotopic (exact) mass is 708 g/mol. The molecule has 0 radical (unpaired) electrons. The van der Waals surface area contributed by atoms with Gasteiger partial charge in [0.15, 0.2) is 17.6 Å². The summed E-state index contributed by atoms with van der Waals surface area (Å²) < 4.78 is 22.5. The summed E-state index contributed by atoms with van der Waals surface area (Å²) in [5.74, 6) is -2.25. The minimum Gasteiger partial charge on any atom is -0.449 e. The van der Waals surface area contributed by atoms with Gasteiger partial charge in [0.25, 0.3) is 0 Å². The molecule has 0 bridgehead atoms. The molecule has 272 valence electrons. The Kier molecular flexibility index (Phi) is 7.43. The number of carbonyl (C=O) groups excluding carboxylic acids is 6. The number of ether oxygens (including phenoxy) is 4. The predicted octanol–water partition coefficient (Wildman–Crippen LogP) is -2.49. The molecule has 18 nitrogen and oxygen atoms in total. The lowest BCUT2D eigenvalue weighted by molar-refractivity contribution is -0.151. The molecule has 0 spiro atoms. The van der Waals surface area contributed by atoms with E-state index in [-0.39, 0.29) is 93.2 Å². The maximum absolute atomic E-state index is 14.0. The standard InChI is InChI=1S/C33H40N8O10/c1-12-19(25(44)17-14(11-50-30(34)46)32(48-3)27-15(38-27)9-40(32)21(17)23(12)42)36-7-5-6-8-37-20-13(2)24(43)22-18(26(20)45)29(51-31(35)47)33(49-4)28-16(39-28)10-41(22)33/h14-16,27-29,36-39H,5-11H2,1-4H3,(H2,34,46)(H2,35,47)/t14-,15+,16+,27+,28+,29-,32-,33+/m1/s1. The zero-order valence-corrected chi connectivity index (χ0v) is 28.5. The second-order valence-corrected chi connectivity index (χ2v) is 14.0. The van der Waals surface area contributed by atoms with E-state index in [4.69, 9.17) is 30.4 Å². The fourth-order valence-corrected chi connectivity index (χ4v) is 9.36. The molecule has 51 heavy (non-hydrogen) atoms. The highest BCUT2D eigenvalue weighted by molar-refractivity contribution is 6.26. The van der Waals surface area contributed by atoms with Crippen LogP contribution < -0.4 is 32.7 Å². The molecule has 0 aromatic carbocycles. The number of piperazine rings is 2. The number of unbranched alkanes of at least 4 members (excludes halogenated alkanes) is 1. The van der Waals surface area contributed by atoms with Gasteiger partial charge >= 0.3 is 12.2 Å². The number of nitrogens with zero attached hydrogens (tertiary/aromatic N) is 2. The van der Waals surface area contributed by atoms with Crippen LogP contribution in [0, 0.1) is 5.92 Å². The van der Waals surface area contributed by atoms with Crippen molar-refractivity contribution in [3.63, 3.8) is 0 Å². The van der Waals surface area contributed by atoms with Crippen LogP contribution >= 0.6 is 0 Å². The molecule has 4 saturated heterocycles. The number of fused-ring (bicyclic) bond motifs is 8. The van der Waals surface area contributed by atoms with E-state index in [2.05, 4.69) is 21.3 Å². The van der Waals surface area contributed by atoms with Gasteiger partial charge in [-0.1, -0.05) is 0 Å². The average Bonchev–Trinajstić information content (AvgIpc) is 3.93. The number of amides is 2. The van der Waals surface area contributed by atoms with E-state index in [1.165, 1.54) is 14.2 Å². The van der Waals surface area contributed by atoms with Crippen molar-refractivity contribution in [1.29, 1.82) is 0 Å². The van der Waals surface area contributed by atoms with Crippen LogP contribution in [-0.2, 0) is 38.1 Å². The van der Waals surface area contributed by atoms with Crippen molar-refractivity contribution in [2.45, 2.75) is 68.4 Å². The molecular weight excluding hydrogens is 668 g/mol. The molecule has 0 aromatic rings. The van der Waals surface area contributed by atoms with Crippen LogP contribution in [0.15, 0.2) is 45.1 Å². The van der Waals surface area contributed by atoms with Gasteiger partial charge in [-0.2, -0.15) is 0 Å². The summed E-state index contributed by atoms with van der Waals surface area (Å²) >= 11 is 0. The van der Waals surface area contributed by atoms with Crippen LogP contribution in [0.1, 0.15) is 26.7 Å². The highest BCUT2D eigenvalue weighted by atomic mass is 16.6. The third kappa shape index (κ3) is 4.36. The van der Waals surface area contributed by atoms with Gasteiger partial charge in [-0.05, 0) is 26.7 Å². The normalized spacial score (nSPS) is 35.5. The Morgan fingerprint density at radius 2 is 1.25 bits per heavy atom. The summed E-state index contributed by atoms with van der Waals surface area (Å²) in [5.41, 5.74) is 9.84. The van der Waals surface area contributed by atoms with Crippen molar-refractivity contribution in [1.82, 2.24) is 31.1 Å².